The molecule has 130 valence electrons. The van der Waals surface area contributed by atoms with E-state index in [1.165, 1.54) is 0 Å². The van der Waals surface area contributed by atoms with Crippen molar-refractivity contribution in [1.29, 1.82) is 0 Å². The number of benzene rings is 2. The molecule has 0 fully saturated rings. The Morgan fingerprint density at radius 3 is 1.96 bits per heavy atom. The van der Waals surface area contributed by atoms with Gasteiger partial charge in [-0.15, -0.1) is 0 Å². The third-order valence-corrected chi connectivity index (χ3v) is 5.57. The van der Waals surface area contributed by atoms with Crippen LogP contribution in [0.5, 0.6) is 5.75 Å². The fourth-order valence-corrected chi connectivity index (χ4v) is 3.82. The van der Waals surface area contributed by atoms with Crippen LogP contribution < -0.4 is 9.46 Å². The van der Waals surface area contributed by atoms with Crippen LogP contribution in [0.4, 0.5) is 0 Å². The molecule has 0 aromatic heterocycles. The predicted molar refractivity (Wildman–Crippen MR) is 96.9 cm³/mol. The second-order valence-corrected chi connectivity index (χ2v) is 7.79. The summed E-state index contributed by atoms with van der Waals surface area (Å²) in [5, 5.41) is 0. The summed E-state index contributed by atoms with van der Waals surface area (Å²) in [5.74, 6) is 1.12. The quantitative estimate of drug-likeness (QED) is 0.815. The molecule has 2 aromatic carbocycles. The lowest BCUT2D eigenvalue weighted by Gasteiger charge is -2.18. The molecule has 2 aromatic rings. The maximum Gasteiger partial charge on any atom is 0.241 e. The fourth-order valence-electron chi connectivity index (χ4n) is 2.51. The summed E-state index contributed by atoms with van der Waals surface area (Å²) < 4.78 is 33.2. The number of hydrogen-bond acceptors (Lipinski definition) is 3. The maximum atomic E-state index is 12.6. The highest BCUT2D eigenvalue weighted by atomic mass is 32.2. The van der Waals surface area contributed by atoms with Crippen molar-refractivity contribution >= 4 is 10.0 Å². The molecule has 0 amide bonds. The lowest BCUT2D eigenvalue weighted by Crippen LogP contribution is -2.28. The first kappa shape index (κ1) is 18.5. The van der Waals surface area contributed by atoms with Crippen molar-refractivity contribution in [2.24, 2.45) is 0 Å². The van der Waals surface area contributed by atoms with Gasteiger partial charge in [0.15, 0.2) is 0 Å². The molecule has 5 heteroatoms. The highest BCUT2D eigenvalue weighted by Crippen LogP contribution is 2.23. The van der Waals surface area contributed by atoms with E-state index < -0.39 is 10.0 Å². The van der Waals surface area contributed by atoms with E-state index in [9.17, 15) is 8.42 Å². The van der Waals surface area contributed by atoms with Gasteiger partial charge in [-0.05, 0) is 47.7 Å². The molecule has 1 atom stereocenters. The second-order valence-electron chi connectivity index (χ2n) is 6.08. The Kier molecular flexibility index (Phi) is 6.02. The minimum absolute atomic E-state index is 0.273. The highest BCUT2D eigenvalue weighted by Gasteiger charge is 2.20. The summed E-state index contributed by atoms with van der Waals surface area (Å²) in [6.07, 6.45) is 0.662. The molecule has 0 aliphatic rings. The van der Waals surface area contributed by atoms with Crippen molar-refractivity contribution in [2.75, 3.05) is 7.11 Å². The van der Waals surface area contributed by atoms with E-state index in [1.54, 1.807) is 19.2 Å². The number of hydrogen-bond donors (Lipinski definition) is 1. The van der Waals surface area contributed by atoms with Gasteiger partial charge in [0, 0.05) is 6.04 Å². The zero-order chi connectivity index (χ0) is 17.7. The van der Waals surface area contributed by atoms with E-state index in [1.807, 2.05) is 43.3 Å². The van der Waals surface area contributed by atoms with Crippen LogP contribution in [0.3, 0.4) is 0 Å². The molecular formula is C19H25NO3S. The number of nitrogens with one attached hydrogen (secondary N) is 1. The summed E-state index contributed by atoms with van der Waals surface area (Å²) in [6, 6.07) is 14.2. The molecule has 0 spiro atoms. The predicted octanol–water partition coefficient (Wildman–Crippen LogP) is 4.25. The molecule has 1 N–H and O–H groups in total. The van der Waals surface area contributed by atoms with Crippen molar-refractivity contribution in [3.63, 3.8) is 0 Å². The minimum atomic E-state index is -3.56. The molecule has 2 rings (SSSR count). The minimum Gasteiger partial charge on any atom is -0.497 e. The van der Waals surface area contributed by atoms with Gasteiger partial charge in [0.1, 0.15) is 5.75 Å². The lowest BCUT2D eigenvalue weighted by molar-refractivity contribution is 0.414. The monoisotopic (exact) mass is 347 g/mol. The SMILES string of the molecule is CCC(NS(=O)(=O)c1ccc(C(C)C)cc1)c1ccc(OC)cc1. The number of methoxy groups -OCH3 is 1. The van der Waals surface area contributed by atoms with E-state index >= 15 is 0 Å². The van der Waals surface area contributed by atoms with E-state index in [-0.39, 0.29) is 6.04 Å². The van der Waals surface area contributed by atoms with Gasteiger partial charge in [-0.3, -0.25) is 0 Å². The summed E-state index contributed by atoms with van der Waals surface area (Å²) >= 11 is 0. The molecular weight excluding hydrogens is 322 g/mol. The molecule has 24 heavy (non-hydrogen) atoms. The average Bonchev–Trinajstić information content (AvgIpc) is 2.60. The van der Waals surface area contributed by atoms with E-state index in [0.29, 0.717) is 17.2 Å². The Hall–Kier alpha value is -1.85. The maximum absolute atomic E-state index is 12.6. The Bertz CT molecular complexity index is 750. The lowest BCUT2D eigenvalue weighted by atomic mass is 10.0. The van der Waals surface area contributed by atoms with Crippen molar-refractivity contribution < 1.29 is 13.2 Å². The summed E-state index contributed by atoms with van der Waals surface area (Å²) in [4.78, 5) is 0.291. The van der Waals surface area contributed by atoms with Gasteiger partial charge in [0.05, 0.1) is 12.0 Å². The molecule has 0 heterocycles. The average molecular weight is 347 g/mol. The third kappa shape index (κ3) is 4.36. The second kappa shape index (κ2) is 7.81. The van der Waals surface area contributed by atoms with E-state index in [4.69, 9.17) is 4.74 Å². The Morgan fingerprint density at radius 2 is 1.50 bits per heavy atom. The van der Waals surface area contributed by atoms with Crippen LogP contribution in [0.2, 0.25) is 0 Å². The van der Waals surface area contributed by atoms with Gasteiger partial charge in [-0.1, -0.05) is 45.0 Å². The highest BCUT2D eigenvalue weighted by molar-refractivity contribution is 7.89. The topological polar surface area (TPSA) is 55.4 Å². The first-order valence-corrected chi connectivity index (χ1v) is 9.62. The zero-order valence-electron chi connectivity index (χ0n) is 14.6. The van der Waals surface area contributed by atoms with Crippen molar-refractivity contribution in [3.8, 4) is 5.75 Å². The van der Waals surface area contributed by atoms with Gasteiger partial charge in [-0.25, -0.2) is 13.1 Å². The van der Waals surface area contributed by atoms with Gasteiger partial charge in [0.2, 0.25) is 10.0 Å². The Morgan fingerprint density at radius 1 is 0.958 bits per heavy atom. The Labute approximate surface area is 144 Å². The summed E-state index contributed by atoms with van der Waals surface area (Å²) in [6.45, 7) is 6.12. The zero-order valence-corrected chi connectivity index (χ0v) is 15.4. The van der Waals surface area contributed by atoms with Crippen molar-refractivity contribution in [2.45, 2.75) is 44.0 Å². The van der Waals surface area contributed by atoms with Crippen molar-refractivity contribution in [3.05, 3.63) is 59.7 Å². The summed E-state index contributed by atoms with van der Waals surface area (Å²) in [5.41, 5.74) is 2.04. The largest absolute Gasteiger partial charge is 0.497 e. The molecule has 0 aliphatic heterocycles. The fraction of sp³-hybridized carbons (Fsp3) is 0.368. The van der Waals surface area contributed by atoms with Crippen LogP contribution >= 0.6 is 0 Å². The number of rotatable bonds is 7. The molecule has 1 unspecified atom stereocenters. The summed E-state index contributed by atoms with van der Waals surface area (Å²) in [7, 11) is -1.95. The third-order valence-electron chi connectivity index (χ3n) is 4.08. The van der Waals surface area contributed by atoms with Gasteiger partial charge in [0.25, 0.3) is 0 Å². The van der Waals surface area contributed by atoms with Crippen LogP contribution in [-0.2, 0) is 10.0 Å². The van der Waals surface area contributed by atoms with Crippen LogP contribution in [0, 0.1) is 0 Å². The molecule has 0 aliphatic carbocycles. The van der Waals surface area contributed by atoms with Crippen molar-refractivity contribution in [1.82, 2.24) is 4.72 Å². The van der Waals surface area contributed by atoms with E-state index in [0.717, 1.165) is 16.9 Å². The molecule has 0 radical (unpaired) electrons. The smallest absolute Gasteiger partial charge is 0.241 e. The van der Waals surface area contributed by atoms with E-state index in [2.05, 4.69) is 18.6 Å². The Balaban J connectivity index is 2.21. The molecule has 0 saturated carbocycles. The molecule has 0 saturated heterocycles. The van der Waals surface area contributed by atoms with Gasteiger partial charge >= 0.3 is 0 Å². The van der Waals surface area contributed by atoms with Crippen LogP contribution in [0.25, 0.3) is 0 Å². The standard InChI is InChI=1S/C19H25NO3S/c1-5-19(16-6-10-17(23-4)11-7-16)20-24(21,22)18-12-8-15(9-13-18)14(2)3/h6-14,19-20H,5H2,1-4H3. The van der Waals surface area contributed by atoms with Crippen LogP contribution in [0.1, 0.15) is 50.3 Å². The first-order chi connectivity index (χ1) is 11.4. The van der Waals surface area contributed by atoms with Gasteiger partial charge < -0.3 is 4.74 Å². The number of sulfonamides is 1. The molecule has 4 nitrogen and oxygen atoms in total. The van der Waals surface area contributed by atoms with Gasteiger partial charge in [-0.2, -0.15) is 0 Å². The molecule has 0 bridgehead atoms. The normalized spacial score (nSPS) is 13.0. The first-order valence-electron chi connectivity index (χ1n) is 8.13. The number of ether oxygens (including phenoxy) is 1. The van der Waals surface area contributed by atoms with Crippen LogP contribution in [-0.4, -0.2) is 15.5 Å². The van der Waals surface area contributed by atoms with Crippen LogP contribution in [0.15, 0.2) is 53.4 Å².